The summed E-state index contributed by atoms with van der Waals surface area (Å²) in [6.45, 7) is 3.91. The average molecular weight is 194 g/mol. The first-order valence-electron chi connectivity index (χ1n) is 4.56. The standard InChI is InChI=1S/C11H14O3/c1-3-14-11(13)10-6-9(7-12)5-4-8(10)2/h4-6,12H,3,7H2,1-2H3. The SMILES string of the molecule is CCOC(=O)c1cc(CO)ccc1C. The maximum Gasteiger partial charge on any atom is 0.338 e. The molecule has 1 rings (SSSR count). The fraction of sp³-hybridized carbons (Fsp3) is 0.364. The molecule has 0 fully saturated rings. The Kier molecular flexibility index (Phi) is 3.65. The second-order valence-corrected chi connectivity index (χ2v) is 3.03. The third kappa shape index (κ3) is 2.33. The van der Waals surface area contributed by atoms with E-state index in [1.807, 2.05) is 6.92 Å². The van der Waals surface area contributed by atoms with E-state index in [-0.39, 0.29) is 12.6 Å². The van der Waals surface area contributed by atoms with Crippen LogP contribution in [-0.4, -0.2) is 17.7 Å². The van der Waals surface area contributed by atoms with Gasteiger partial charge in [-0.25, -0.2) is 4.79 Å². The van der Waals surface area contributed by atoms with Crippen molar-refractivity contribution in [3.8, 4) is 0 Å². The van der Waals surface area contributed by atoms with Crippen molar-refractivity contribution in [3.05, 3.63) is 34.9 Å². The molecule has 0 unspecified atom stereocenters. The average Bonchev–Trinajstić information content (AvgIpc) is 2.19. The van der Waals surface area contributed by atoms with Crippen LogP contribution in [0.3, 0.4) is 0 Å². The minimum Gasteiger partial charge on any atom is -0.462 e. The number of aliphatic hydroxyl groups excluding tert-OH is 1. The molecule has 0 aromatic heterocycles. The zero-order valence-corrected chi connectivity index (χ0v) is 8.41. The summed E-state index contributed by atoms with van der Waals surface area (Å²) < 4.78 is 4.89. The van der Waals surface area contributed by atoms with Gasteiger partial charge >= 0.3 is 5.97 Å². The van der Waals surface area contributed by atoms with Gasteiger partial charge in [0.15, 0.2) is 0 Å². The summed E-state index contributed by atoms with van der Waals surface area (Å²) in [6, 6.07) is 5.25. The number of rotatable bonds is 3. The lowest BCUT2D eigenvalue weighted by atomic mass is 10.1. The largest absolute Gasteiger partial charge is 0.462 e. The number of aryl methyl sites for hydroxylation is 1. The van der Waals surface area contributed by atoms with E-state index in [9.17, 15) is 4.79 Å². The second-order valence-electron chi connectivity index (χ2n) is 3.03. The van der Waals surface area contributed by atoms with E-state index in [0.29, 0.717) is 12.2 Å². The van der Waals surface area contributed by atoms with Crippen LogP contribution < -0.4 is 0 Å². The third-order valence-corrected chi connectivity index (χ3v) is 1.98. The van der Waals surface area contributed by atoms with Crippen molar-refractivity contribution in [2.45, 2.75) is 20.5 Å². The molecule has 0 heterocycles. The van der Waals surface area contributed by atoms with Gasteiger partial charge in [0.05, 0.1) is 18.8 Å². The Labute approximate surface area is 83.3 Å². The van der Waals surface area contributed by atoms with Crippen molar-refractivity contribution >= 4 is 5.97 Å². The molecule has 0 saturated carbocycles. The molecule has 0 atom stereocenters. The van der Waals surface area contributed by atoms with Gasteiger partial charge < -0.3 is 9.84 Å². The molecule has 3 nitrogen and oxygen atoms in total. The first-order chi connectivity index (χ1) is 6.69. The zero-order chi connectivity index (χ0) is 10.6. The summed E-state index contributed by atoms with van der Waals surface area (Å²) >= 11 is 0. The monoisotopic (exact) mass is 194 g/mol. The van der Waals surface area contributed by atoms with Crippen LogP contribution in [0.2, 0.25) is 0 Å². The predicted octanol–water partition coefficient (Wildman–Crippen LogP) is 1.66. The highest BCUT2D eigenvalue weighted by molar-refractivity contribution is 5.91. The zero-order valence-electron chi connectivity index (χ0n) is 8.41. The molecule has 0 radical (unpaired) electrons. The van der Waals surface area contributed by atoms with Crippen molar-refractivity contribution < 1.29 is 14.6 Å². The Balaban J connectivity index is 2.99. The number of carbonyl (C=O) groups excluding carboxylic acids is 1. The number of hydrogen-bond acceptors (Lipinski definition) is 3. The molecule has 0 spiro atoms. The summed E-state index contributed by atoms with van der Waals surface area (Å²) in [4.78, 5) is 11.4. The number of carbonyl (C=O) groups is 1. The summed E-state index contributed by atoms with van der Waals surface area (Å²) in [6.07, 6.45) is 0. The van der Waals surface area contributed by atoms with Crippen LogP contribution in [0.15, 0.2) is 18.2 Å². The molecule has 0 saturated heterocycles. The maximum absolute atomic E-state index is 11.4. The highest BCUT2D eigenvalue weighted by Gasteiger charge is 2.09. The Morgan fingerprint density at radius 3 is 2.79 bits per heavy atom. The van der Waals surface area contributed by atoms with E-state index in [1.165, 1.54) is 0 Å². The molecule has 3 heteroatoms. The van der Waals surface area contributed by atoms with Crippen molar-refractivity contribution in [2.24, 2.45) is 0 Å². The topological polar surface area (TPSA) is 46.5 Å². The molecule has 0 aliphatic rings. The van der Waals surface area contributed by atoms with Crippen LogP contribution in [0, 0.1) is 6.92 Å². The minimum atomic E-state index is -0.333. The van der Waals surface area contributed by atoms with Gasteiger partial charge in [0.1, 0.15) is 0 Å². The summed E-state index contributed by atoms with van der Waals surface area (Å²) in [5, 5.41) is 8.91. The van der Waals surface area contributed by atoms with Crippen molar-refractivity contribution in [1.29, 1.82) is 0 Å². The van der Waals surface area contributed by atoms with Gasteiger partial charge in [0.2, 0.25) is 0 Å². The fourth-order valence-corrected chi connectivity index (χ4v) is 1.20. The Morgan fingerprint density at radius 1 is 1.50 bits per heavy atom. The number of esters is 1. The third-order valence-electron chi connectivity index (χ3n) is 1.98. The number of aliphatic hydroxyl groups is 1. The molecular formula is C11H14O3. The summed E-state index contributed by atoms with van der Waals surface area (Å²) in [7, 11) is 0. The lowest BCUT2D eigenvalue weighted by Crippen LogP contribution is -2.07. The lowest BCUT2D eigenvalue weighted by Gasteiger charge is -2.06. The smallest absolute Gasteiger partial charge is 0.338 e. The maximum atomic E-state index is 11.4. The first kappa shape index (κ1) is 10.7. The number of hydrogen-bond donors (Lipinski definition) is 1. The normalized spacial score (nSPS) is 9.93. The van der Waals surface area contributed by atoms with Crippen molar-refractivity contribution in [1.82, 2.24) is 0 Å². The summed E-state index contributed by atoms with van der Waals surface area (Å²) in [5.41, 5.74) is 2.11. The van der Waals surface area contributed by atoms with Crippen LogP contribution >= 0.6 is 0 Å². The molecule has 0 amide bonds. The lowest BCUT2D eigenvalue weighted by molar-refractivity contribution is 0.0525. The van der Waals surface area contributed by atoms with Gasteiger partial charge in [0.25, 0.3) is 0 Å². The molecule has 0 bridgehead atoms. The van der Waals surface area contributed by atoms with Crippen LogP contribution in [0.25, 0.3) is 0 Å². The molecule has 76 valence electrons. The number of benzene rings is 1. The van der Waals surface area contributed by atoms with E-state index in [4.69, 9.17) is 9.84 Å². The van der Waals surface area contributed by atoms with E-state index in [0.717, 1.165) is 11.1 Å². The van der Waals surface area contributed by atoms with Gasteiger partial charge in [-0.15, -0.1) is 0 Å². The van der Waals surface area contributed by atoms with Gasteiger partial charge in [-0.3, -0.25) is 0 Å². The molecular weight excluding hydrogens is 180 g/mol. The molecule has 0 aliphatic carbocycles. The number of ether oxygens (including phenoxy) is 1. The van der Waals surface area contributed by atoms with Crippen molar-refractivity contribution in [2.75, 3.05) is 6.61 Å². The minimum absolute atomic E-state index is 0.0628. The van der Waals surface area contributed by atoms with E-state index >= 15 is 0 Å². The Bertz CT molecular complexity index is 331. The van der Waals surface area contributed by atoms with Crippen LogP contribution in [-0.2, 0) is 11.3 Å². The first-order valence-corrected chi connectivity index (χ1v) is 4.56. The predicted molar refractivity (Wildman–Crippen MR) is 53.1 cm³/mol. The van der Waals surface area contributed by atoms with Gasteiger partial charge in [-0.05, 0) is 31.0 Å². The van der Waals surface area contributed by atoms with Crippen molar-refractivity contribution in [3.63, 3.8) is 0 Å². The molecule has 1 aromatic rings. The van der Waals surface area contributed by atoms with Gasteiger partial charge in [-0.2, -0.15) is 0 Å². The molecule has 1 N–H and O–H groups in total. The molecule has 14 heavy (non-hydrogen) atoms. The van der Waals surface area contributed by atoms with Crippen LogP contribution in [0.5, 0.6) is 0 Å². The second kappa shape index (κ2) is 4.77. The molecule has 0 aliphatic heterocycles. The van der Waals surface area contributed by atoms with Gasteiger partial charge in [-0.1, -0.05) is 12.1 Å². The van der Waals surface area contributed by atoms with Gasteiger partial charge in [0, 0.05) is 0 Å². The summed E-state index contributed by atoms with van der Waals surface area (Å²) in [5.74, 6) is -0.333. The van der Waals surface area contributed by atoms with E-state index in [2.05, 4.69) is 0 Å². The van der Waals surface area contributed by atoms with E-state index < -0.39 is 0 Å². The van der Waals surface area contributed by atoms with Crippen LogP contribution in [0.1, 0.15) is 28.4 Å². The Hall–Kier alpha value is -1.35. The van der Waals surface area contributed by atoms with E-state index in [1.54, 1.807) is 25.1 Å². The molecule has 1 aromatic carbocycles. The highest BCUT2D eigenvalue weighted by Crippen LogP contribution is 2.12. The highest BCUT2D eigenvalue weighted by atomic mass is 16.5. The Morgan fingerprint density at radius 2 is 2.21 bits per heavy atom. The van der Waals surface area contributed by atoms with Crippen LogP contribution in [0.4, 0.5) is 0 Å². The fourth-order valence-electron chi connectivity index (χ4n) is 1.20. The quantitative estimate of drug-likeness (QED) is 0.744.